The molecule has 1 amide bonds. The van der Waals surface area contributed by atoms with Crippen molar-refractivity contribution in [2.24, 2.45) is 0 Å². The van der Waals surface area contributed by atoms with Gasteiger partial charge in [-0.15, -0.1) is 0 Å². The van der Waals surface area contributed by atoms with Gasteiger partial charge in [-0.05, 0) is 41.4 Å². The summed E-state index contributed by atoms with van der Waals surface area (Å²) in [4.78, 5) is 12.0. The number of nitriles is 1. The van der Waals surface area contributed by atoms with Crippen molar-refractivity contribution < 1.29 is 13.9 Å². The molecule has 1 heterocycles. The Morgan fingerprint density at radius 1 is 1.36 bits per heavy atom. The SMILES string of the molecule is COc1ccc(CNC(=O)/C(C#N)=C/c2ccc(Cl)o2)cc1. The topological polar surface area (TPSA) is 75.3 Å². The third-order valence-corrected chi connectivity index (χ3v) is 3.06. The number of halogens is 1. The highest BCUT2D eigenvalue weighted by molar-refractivity contribution is 6.28. The van der Waals surface area contributed by atoms with Gasteiger partial charge in [0, 0.05) is 12.6 Å². The number of hydrogen-bond acceptors (Lipinski definition) is 4. The van der Waals surface area contributed by atoms with Crippen molar-refractivity contribution in [1.29, 1.82) is 5.26 Å². The minimum atomic E-state index is -0.481. The second kappa shape index (κ2) is 7.34. The lowest BCUT2D eigenvalue weighted by Gasteiger charge is -2.05. The number of methoxy groups -OCH3 is 1. The summed E-state index contributed by atoms with van der Waals surface area (Å²) in [5.41, 5.74) is 0.840. The van der Waals surface area contributed by atoms with Crippen LogP contribution in [0.25, 0.3) is 6.08 Å². The van der Waals surface area contributed by atoms with E-state index in [0.717, 1.165) is 11.3 Å². The van der Waals surface area contributed by atoms with Crippen LogP contribution >= 0.6 is 11.6 Å². The zero-order chi connectivity index (χ0) is 15.9. The number of nitrogens with zero attached hydrogens (tertiary/aromatic N) is 1. The van der Waals surface area contributed by atoms with Crippen molar-refractivity contribution in [3.8, 4) is 11.8 Å². The maximum atomic E-state index is 12.0. The van der Waals surface area contributed by atoms with Crippen LogP contribution in [-0.2, 0) is 11.3 Å². The highest BCUT2D eigenvalue weighted by atomic mass is 35.5. The van der Waals surface area contributed by atoms with Crippen LogP contribution in [0.1, 0.15) is 11.3 Å². The number of carbonyl (C=O) groups is 1. The second-order valence-corrected chi connectivity index (χ2v) is 4.71. The summed E-state index contributed by atoms with van der Waals surface area (Å²) in [5.74, 6) is 0.606. The van der Waals surface area contributed by atoms with Crippen LogP contribution in [0.5, 0.6) is 5.75 Å². The Labute approximate surface area is 132 Å². The molecule has 1 aromatic carbocycles. The third kappa shape index (κ3) is 4.14. The number of nitrogens with one attached hydrogen (secondary N) is 1. The number of amides is 1. The fraction of sp³-hybridized carbons (Fsp3) is 0.125. The third-order valence-electron chi connectivity index (χ3n) is 2.86. The normalized spacial score (nSPS) is 10.9. The predicted octanol–water partition coefficient (Wildman–Crippen LogP) is 3.16. The molecule has 0 aliphatic heterocycles. The number of carbonyl (C=O) groups excluding carboxylic acids is 1. The van der Waals surface area contributed by atoms with Crippen LogP contribution < -0.4 is 10.1 Å². The van der Waals surface area contributed by atoms with E-state index < -0.39 is 5.91 Å². The molecule has 6 heteroatoms. The molecule has 0 unspecified atom stereocenters. The van der Waals surface area contributed by atoms with Gasteiger partial charge in [0.1, 0.15) is 23.2 Å². The van der Waals surface area contributed by atoms with E-state index in [1.165, 1.54) is 12.1 Å². The summed E-state index contributed by atoms with van der Waals surface area (Å²) >= 11 is 5.64. The number of benzene rings is 1. The van der Waals surface area contributed by atoms with Gasteiger partial charge in [-0.3, -0.25) is 4.79 Å². The maximum Gasteiger partial charge on any atom is 0.262 e. The summed E-state index contributed by atoms with van der Waals surface area (Å²) in [6.07, 6.45) is 1.34. The van der Waals surface area contributed by atoms with Crippen molar-refractivity contribution in [2.45, 2.75) is 6.54 Å². The first kappa shape index (κ1) is 15.7. The Morgan fingerprint density at radius 3 is 2.64 bits per heavy atom. The molecule has 112 valence electrons. The van der Waals surface area contributed by atoms with E-state index >= 15 is 0 Å². The van der Waals surface area contributed by atoms with Gasteiger partial charge in [0.25, 0.3) is 5.91 Å². The Hall–Kier alpha value is -2.71. The number of ether oxygens (including phenoxy) is 1. The molecule has 1 N–H and O–H groups in total. The highest BCUT2D eigenvalue weighted by Gasteiger charge is 2.10. The molecule has 0 atom stereocenters. The average molecular weight is 317 g/mol. The molecule has 0 fully saturated rings. The van der Waals surface area contributed by atoms with Crippen molar-refractivity contribution in [2.75, 3.05) is 7.11 Å². The maximum absolute atomic E-state index is 12.0. The van der Waals surface area contributed by atoms with Crippen molar-refractivity contribution in [3.05, 3.63) is 58.5 Å². The van der Waals surface area contributed by atoms with E-state index in [2.05, 4.69) is 5.32 Å². The lowest BCUT2D eigenvalue weighted by molar-refractivity contribution is -0.117. The molecule has 22 heavy (non-hydrogen) atoms. The van der Waals surface area contributed by atoms with E-state index in [9.17, 15) is 4.79 Å². The van der Waals surface area contributed by atoms with Crippen molar-refractivity contribution >= 4 is 23.6 Å². The molecule has 0 aliphatic carbocycles. The predicted molar refractivity (Wildman–Crippen MR) is 82.1 cm³/mol. The molecule has 0 aliphatic rings. The molecule has 0 bridgehead atoms. The number of rotatable bonds is 5. The largest absolute Gasteiger partial charge is 0.497 e. The first-order valence-electron chi connectivity index (χ1n) is 6.40. The van der Waals surface area contributed by atoms with Gasteiger partial charge in [0.05, 0.1) is 7.11 Å². The lowest BCUT2D eigenvalue weighted by atomic mass is 10.2. The zero-order valence-corrected chi connectivity index (χ0v) is 12.6. The highest BCUT2D eigenvalue weighted by Crippen LogP contribution is 2.16. The van der Waals surface area contributed by atoms with Gasteiger partial charge in [-0.1, -0.05) is 12.1 Å². The smallest absolute Gasteiger partial charge is 0.262 e. The molecule has 2 aromatic rings. The first-order chi connectivity index (χ1) is 10.6. The van der Waals surface area contributed by atoms with Gasteiger partial charge >= 0.3 is 0 Å². The molecular formula is C16H13ClN2O3. The standard InChI is InChI=1S/C16H13ClN2O3/c1-21-13-4-2-11(3-5-13)10-19-16(20)12(9-18)8-14-6-7-15(17)22-14/h2-8H,10H2,1H3,(H,19,20)/b12-8+. The summed E-state index contributed by atoms with van der Waals surface area (Å²) in [6, 6.07) is 12.2. The zero-order valence-electron chi connectivity index (χ0n) is 11.8. The van der Waals surface area contributed by atoms with Gasteiger partial charge in [-0.25, -0.2) is 0 Å². The van der Waals surface area contributed by atoms with Crippen LogP contribution in [0, 0.1) is 11.3 Å². The van der Waals surface area contributed by atoms with Gasteiger partial charge < -0.3 is 14.5 Å². The van der Waals surface area contributed by atoms with E-state index in [-0.39, 0.29) is 10.8 Å². The van der Waals surface area contributed by atoms with Crippen LogP contribution in [-0.4, -0.2) is 13.0 Å². The molecular weight excluding hydrogens is 304 g/mol. The molecule has 0 saturated heterocycles. The molecule has 0 spiro atoms. The van der Waals surface area contributed by atoms with Gasteiger partial charge in [0.2, 0.25) is 0 Å². The molecule has 5 nitrogen and oxygen atoms in total. The number of hydrogen-bond donors (Lipinski definition) is 1. The summed E-state index contributed by atoms with van der Waals surface area (Å²) < 4.78 is 10.2. The number of furan rings is 1. The lowest BCUT2D eigenvalue weighted by Crippen LogP contribution is -2.23. The Bertz CT molecular complexity index is 727. The Kier molecular flexibility index (Phi) is 5.23. The van der Waals surface area contributed by atoms with Gasteiger partial charge in [-0.2, -0.15) is 5.26 Å². The van der Waals surface area contributed by atoms with E-state index in [1.54, 1.807) is 25.3 Å². The molecule has 2 rings (SSSR count). The van der Waals surface area contributed by atoms with Crippen LogP contribution in [0.15, 0.2) is 46.4 Å². The summed E-state index contributed by atoms with van der Waals surface area (Å²) in [7, 11) is 1.58. The summed E-state index contributed by atoms with van der Waals surface area (Å²) in [5, 5.41) is 11.9. The quantitative estimate of drug-likeness (QED) is 0.679. The second-order valence-electron chi connectivity index (χ2n) is 4.34. The van der Waals surface area contributed by atoms with Crippen LogP contribution in [0.2, 0.25) is 5.22 Å². The van der Waals surface area contributed by atoms with Crippen LogP contribution in [0.3, 0.4) is 0 Å². The minimum absolute atomic E-state index is 0.0560. The Morgan fingerprint density at radius 2 is 2.09 bits per heavy atom. The summed E-state index contributed by atoms with van der Waals surface area (Å²) in [6.45, 7) is 0.306. The minimum Gasteiger partial charge on any atom is -0.497 e. The monoisotopic (exact) mass is 316 g/mol. The first-order valence-corrected chi connectivity index (χ1v) is 6.78. The van der Waals surface area contributed by atoms with E-state index in [0.29, 0.717) is 12.3 Å². The molecule has 0 radical (unpaired) electrons. The molecule has 1 aromatic heterocycles. The fourth-order valence-electron chi connectivity index (χ4n) is 1.72. The average Bonchev–Trinajstić information content (AvgIpc) is 2.96. The Balaban J connectivity index is 2.00. The van der Waals surface area contributed by atoms with Crippen molar-refractivity contribution in [3.63, 3.8) is 0 Å². The van der Waals surface area contributed by atoms with Crippen LogP contribution in [0.4, 0.5) is 0 Å². The molecule has 0 saturated carbocycles. The van der Waals surface area contributed by atoms with Gasteiger partial charge in [0.15, 0.2) is 5.22 Å². The fourth-order valence-corrected chi connectivity index (χ4v) is 1.87. The van der Waals surface area contributed by atoms with E-state index in [4.69, 9.17) is 26.0 Å². The van der Waals surface area contributed by atoms with E-state index in [1.807, 2.05) is 18.2 Å². The van der Waals surface area contributed by atoms with Crippen molar-refractivity contribution in [1.82, 2.24) is 5.32 Å².